The third-order valence-corrected chi connectivity index (χ3v) is 5.46. The number of nitrogens with zero attached hydrogens (tertiary/aromatic N) is 2. The maximum atomic E-state index is 13.5. The van der Waals surface area contributed by atoms with E-state index in [0.29, 0.717) is 35.0 Å². The fourth-order valence-electron chi connectivity index (χ4n) is 3.49. The van der Waals surface area contributed by atoms with E-state index in [9.17, 15) is 9.59 Å². The third kappa shape index (κ3) is 4.49. The smallest absolute Gasteiger partial charge is 0.270 e. The molecule has 0 saturated carbocycles. The molecule has 6 nitrogen and oxygen atoms in total. The summed E-state index contributed by atoms with van der Waals surface area (Å²) in [6.07, 6.45) is 1.57. The molecule has 0 aromatic heterocycles. The highest BCUT2D eigenvalue weighted by Gasteiger charge is 2.41. The fourth-order valence-corrected chi connectivity index (χ4v) is 3.86. The van der Waals surface area contributed by atoms with Crippen molar-refractivity contribution in [1.29, 1.82) is 0 Å². The van der Waals surface area contributed by atoms with E-state index < -0.39 is 11.8 Å². The lowest BCUT2D eigenvalue weighted by atomic mass is 10.0. The molecular formula is C26H22N2O4S. The van der Waals surface area contributed by atoms with E-state index in [1.165, 1.54) is 9.80 Å². The van der Waals surface area contributed by atoms with Crippen LogP contribution in [0, 0.1) is 0 Å². The Morgan fingerprint density at radius 1 is 0.788 bits per heavy atom. The molecule has 1 aliphatic rings. The molecule has 0 N–H and O–H groups in total. The molecular weight excluding hydrogens is 436 g/mol. The Morgan fingerprint density at radius 2 is 1.33 bits per heavy atom. The van der Waals surface area contributed by atoms with Crippen molar-refractivity contribution in [2.24, 2.45) is 0 Å². The molecule has 0 atom stereocenters. The molecule has 1 fully saturated rings. The van der Waals surface area contributed by atoms with E-state index in [1.807, 2.05) is 25.1 Å². The van der Waals surface area contributed by atoms with Gasteiger partial charge in [0.2, 0.25) is 0 Å². The minimum absolute atomic E-state index is 0.00602. The van der Waals surface area contributed by atoms with Gasteiger partial charge in [-0.25, -0.2) is 0 Å². The van der Waals surface area contributed by atoms with Crippen molar-refractivity contribution in [2.45, 2.75) is 6.92 Å². The highest BCUT2D eigenvalue weighted by atomic mass is 32.1. The van der Waals surface area contributed by atoms with Gasteiger partial charge in [-0.15, -0.1) is 0 Å². The van der Waals surface area contributed by atoms with Gasteiger partial charge in [-0.05, 0) is 79.3 Å². The first-order valence-electron chi connectivity index (χ1n) is 10.4. The lowest BCUT2D eigenvalue weighted by molar-refractivity contribution is -0.120. The number of hydrogen-bond acceptors (Lipinski definition) is 5. The quantitative estimate of drug-likeness (QED) is 0.301. The van der Waals surface area contributed by atoms with E-state index in [0.717, 1.165) is 0 Å². The number of amides is 2. The molecule has 0 radical (unpaired) electrons. The molecule has 4 rings (SSSR count). The molecule has 2 amide bonds. The summed E-state index contributed by atoms with van der Waals surface area (Å²) in [4.78, 5) is 29.7. The predicted octanol–water partition coefficient (Wildman–Crippen LogP) is 4.84. The number of carbonyl (C=O) groups is 2. The fraction of sp³-hybridized carbons (Fsp3) is 0.115. The van der Waals surface area contributed by atoms with Crippen molar-refractivity contribution in [3.8, 4) is 11.5 Å². The van der Waals surface area contributed by atoms with Crippen molar-refractivity contribution < 1.29 is 19.1 Å². The van der Waals surface area contributed by atoms with Crippen molar-refractivity contribution in [3.05, 3.63) is 90.0 Å². The zero-order valence-corrected chi connectivity index (χ0v) is 19.0. The van der Waals surface area contributed by atoms with Gasteiger partial charge in [-0.1, -0.05) is 30.3 Å². The van der Waals surface area contributed by atoms with Gasteiger partial charge in [0.1, 0.15) is 17.1 Å². The summed E-state index contributed by atoms with van der Waals surface area (Å²) in [5.41, 5.74) is 1.82. The monoisotopic (exact) mass is 458 g/mol. The molecule has 0 unspecified atom stereocenters. The summed E-state index contributed by atoms with van der Waals surface area (Å²) < 4.78 is 10.7. The van der Waals surface area contributed by atoms with Crippen LogP contribution in [0.2, 0.25) is 0 Å². The SMILES string of the molecule is CCOc1ccc(N2C(=O)/C(=C/c3ccc(OC)cc3)C(=O)N(c3ccccc3)C2=S)cc1. The Morgan fingerprint density at radius 3 is 1.88 bits per heavy atom. The Kier molecular flexibility index (Phi) is 6.51. The number of methoxy groups -OCH3 is 1. The van der Waals surface area contributed by atoms with Gasteiger partial charge in [0.25, 0.3) is 11.8 Å². The second-order valence-corrected chi connectivity index (χ2v) is 7.52. The van der Waals surface area contributed by atoms with Gasteiger partial charge in [0.05, 0.1) is 25.1 Å². The van der Waals surface area contributed by atoms with Crippen LogP contribution in [0.1, 0.15) is 12.5 Å². The normalized spacial score (nSPS) is 15.2. The van der Waals surface area contributed by atoms with Crippen LogP contribution in [-0.2, 0) is 9.59 Å². The lowest BCUT2D eigenvalue weighted by Crippen LogP contribution is -2.56. The van der Waals surface area contributed by atoms with Crippen LogP contribution in [0.25, 0.3) is 6.08 Å². The summed E-state index contributed by atoms with van der Waals surface area (Å²) in [5, 5.41) is 0.0900. The number of rotatable bonds is 6. The van der Waals surface area contributed by atoms with Crippen LogP contribution in [-0.4, -0.2) is 30.6 Å². The summed E-state index contributed by atoms with van der Waals surface area (Å²) in [7, 11) is 1.58. The molecule has 0 bridgehead atoms. The van der Waals surface area contributed by atoms with E-state index in [4.69, 9.17) is 21.7 Å². The highest BCUT2D eigenvalue weighted by molar-refractivity contribution is 7.81. The number of ether oxygens (including phenoxy) is 2. The largest absolute Gasteiger partial charge is 0.497 e. The molecule has 1 heterocycles. The summed E-state index contributed by atoms with van der Waals surface area (Å²) >= 11 is 5.64. The molecule has 166 valence electrons. The zero-order valence-electron chi connectivity index (χ0n) is 18.2. The molecule has 1 saturated heterocycles. The predicted molar refractivity (Wildman–Crippen MR) is 133 cm³/mol. The van der Waals surface area contributed by atoms with Gasteiger partial charge < -0.3 is 9.47 Å². The average molecular weight is 459 g/mol. The van der Waals surface area contributed by atoms with Crippen molar-refractivity contribution in [3.63, 3.8) is 0 Å². The summed E-state index contributed by atoms with van der Waals surface area (Å²) in [6.45, 7) is 2.43. The van der Waals surface area contributed by atoms with Gasteiger partial charge in [0.15, 0.2) is 5.11 Å². The molecule has 3 aromatic carbocycles. The minimum Gasteiger partial charge on any atom is -0.497 e. The minimum atomic E-state index is -0.489. The van der Waals surface area contributed by atoms with Crippen LogP contribution < -0.4 is 19.3 Å². The molecule has 7 heteroatoms. The lowest BCUT2D eigenvalue weighted by Gasteiger charge is -2.36. The Hall–Kier alpha value is -3.97. The van der Waals surface area contributed by atoms with E-state index in [-0.39, 0.29) is 10.7 Å². The van der Waals surface area contributed by atoms with Gasteiger partial charge in [0, 0.05) is 0 Å². The molecule has 0 aliphatic carbocycles. The Balaban J connectivity index is 1.80. The maximum absolute atomic E-state index is 13.5. The third-order valence-electron chi connectivity index (χ3n) is 5.10. The number of anilines is 2. The van der Waals surface area contributed by atoms with Crippen LogP contribution >= 0.6 is 12.2 Å². The first-order chi connectivity index (χ1) is 16.0. The molecule has 0 spiro atoms. The Labute approximate surface area is 197 Å². The highest BCUT2D eigenvalue weighted by Crippen LogP contribution is 2.31. The average Bonchev–Trinajstić information content (AvgIpc) is 2.84. The van der Waals surface area contributed by atoms with Gasteiger partial charge in [-0.2, -0.15) is 0 Å². The maximum Gasteiger partial charge on any atom is 0.270 e. The van der Waals surface area contributed by atoms with Crippen molar-refractivity contribution in [1.82, 2.24) is 0 Å². The topological polar surface area (TPSA) is 59.1 Å². The van der Waals surface area contributed by atoms with E-state index in [2.05, 4.69) is 0 Å². The van der Waals surface area contributed by atoms with Crippen molar-refractivity contribution >= 4 is 46.6 Å². The molecule has 33 heavy (non-hydrogen) atoms. The summed E-state index contributed by atoms with van der Waals surface area (Å²) in [6, 6.07) is 23.2. The van der Waals surface area contributed by atoms with Crippen LogP contribution in [0.4, 0.5) is 11.4 Å². The van der Waals surface area contributed by atoms with Crippen LogP contribution in [0.3, 0.4) is 0 Å². The zero-order chi connectivity index (χ0) is 23.4. The van der Waals surface area contributed by atoms with Crippen LogP contribution in [0.15, 0.2) is 84.4 Å². The van der Waals surface area contributed by atoms with E-state index >= 15 is 0 Å². The van der Waals surface area contributed by atoms with E-state index in [1.54, 1.807) is 73.8 Å². The second-order valence-electron chi connectivity index (χ2n) is 7.16. The van der Waals surface area contributed by atoms with Gasteiger partial charge >= 0.3 is 0 Å². The number of para-hydroxylation sites is 1. The number of thiocarbonyl (C=S) groups is 1. The van der Waals surface area contributed by atoms with Crippen LogP contribution in [0.5, 0.6) is 11.5 Å². The standard InChI is InChI=1S/C26H22N2O4S/c1-3-32-22-15-11-20(12-16-22)28-25(30)23(17-18-9-13-21(31-2)14-10-18)24(29)27(26(28)33)19-7-5-4-6-8-19/h4-17H,3H2,1-2H3/b23-17+. The molecule has 1 aliphatic heterocycles. The number of carbonyl (C=O) groups excluding carboxylic acids is 2. The molecule has 3 aromatic rings. The number of hydrogen-bond donors (Lipinski definition) is 0. The van der Waals surface area contributed by atoms with Gasteiger partial charge in [-0.3, -0.25) is 19.4 Å². The first kappa shape index (κ1) is 22.2. The van der Waals surface area contributed by atoms with Crippen molar-refractivity contribution in [2.75, 3.05) is 23.5 Å². The summed E-state index contributed by atoms with van der Waals surface area (Å²) in [5.74, 6) is 0.398. The number of benzene rings is 3. The first-order valence-corrected chi connectivity index (χ1v) is 10.8. The Bertz CT molecular complexity index is 1210. The second kappa shape index (κ2) is 9.67.